The van der Waals surface area contributed by atoms with E-state index in [4.69, 9.17) is 4.98 Å². The van der Waals surface area contributed by atoms with E-state index >= 15 is 0 Å². The molecule has 1 spiro atoms. The summed E-state index contributed by atoms with van der Waals surface area (Å²) < 4.78 is 1.85. The number of nitrogens with zero attached hydrogens (tertiary/aromatic N) is 3. The fraction of sp³-hybridized carbons (Fsp3) is 0.577. The average molecular weight is 454 g/mol. The lowest BCUT2D eigenvalue weighted by atomic mass is 9.62. The first-order chi connectivity index (χ1) is 15.5. The molecule has 0 atom stereocenters. The molecule has 6 heteroatoms. The minimum atomic E-state index is -0.0955. The molecule has 1 amide bonds. The SMILES string of the molecule is CCCn1c(SCC(=O)N(CC)CC)nc2c(c1=O)C1(CCCCC1)Cc1ccccc1-2. The van der Waals surface area contributed by atoms with Crippen LogP contribution in [-0.4, -0.2) is 39.2 Å². The smallest absolute Gasteiger partial charge is 0.258 e. The predicted molar refractivity (Wildman–Crippen MR) is 131 cm³/mol. The molecule has 1 aromatic carbocycles. The van der Waals surface area contributed by atoms with E-state index in [1.54, 1.807) is 0 Å². The van der Waals surface area contributed by atoms with E-state index in [2.05, 4.69) is 25.1 Å². The minimum Gasteiger partial charge on any atom is -0.343 e. The van der Waals surface area contributed by atoms with Gasteiger partial charge in [0.25, 0.3) is 5.56 Å². The fourth-order valence-corrected chi connectivity index (χ4v) is 6.47. The van der Waals surface area contributed by atoms with Crippen LogP contribution in [0.4, 0.5) is 0 Å². The molecule has 0 unspecified atom stereocenters. The minimum absolute atomic E-state index is 0.0955. The molecule has 4 rings (SSSR count). The van der Waals surface area contributed by atoms with Crippen molar-refractivity contribution in [3.63, 3.8) is 0 Å². The van der Waals surface area contributed by atoms with Crippen molar-refractivity contribution in [2.24, 2.45) is 0 Å². The third-order valence-electron chi connectivity index (χ3n) is 7.16. The highest BCUT2D eigenvalue weighted by Gasteiger charge is 2.43. The molecule has 1 aromatic heterocycles. The molecule has 2 aliphatic carbocycles. The third kappa shape index (κ3) is 4.14. The third-order valence-corrected chi connectivity index (χ3v) is 8.13. The maximum absolute atomic E-state index is 14.0. The second-order valence-corrected chi connectivity index (χ2v) is 10.0. The predicted octanol–water partition coefficient (Wildman–Crippen LogP) is 5.04. The quantitative estimate of drug-likeness (QED) is 0.435. The molecule has 1 saturated carbocycles. The zero-order valence-corrected chi connectivity index (χ0v) is 20.5. The van der Waals surface area contributed by atoms with Crippen molar-refractivity contribution in [1.29, 1.82) is 0 Å². The zero-order chi connectivity index (χ0) is 22.7. The summed E-state index contributed by atoms with van der Waals surface area (Å²) in [4.78, 5) is 33.6. The first-order valence-electron chi connectivity index (χ1n) is 12.2. The summed E-state index contributed by atoms with van der Waals surface area (Å²) in [5, 5.41) is 0.679. The molecule has 0 aliphatic heterocycles. The highest BCUT2D eigenvalue weighted by Crippen LogP contribution is 2.48. The molecule has 172 valence electrons. The lowest BCUT2D eigenvalue weighted by Gasteiger charge is -2.42. The van der Waals surface area contributed by atoms with Crippen molar-refractivity contribution in [3.8, 4) is 11.3 Å². The number of aromatic nitrogens is 2. The Bertz CT molecular complexity index is 1040. The summed E-state index contributed by atoms with van der Waals surface area (Å²) >= 11 is 1.41. The molecule has 32 heavy (non-hydrogen) atoms. The van der Waals surface area contributed by atoms with Crippen molar-refractivity contribution in [2.75, 3.05) is 18.8 Å². The number of amides is 1. The van der Waals surface area contributed by atoms with Crippen molar-refractivity contribution in [3.05, 3.63) is 45.7 Å². The molecule has 2 aliphatic rings. The van der Waals surface area contributed by atoms with Gasteiger partial charge in [-0.3, -0.25) is 14.2 Å². The summed E-state index contributed by atoms with van der Waals surface area (Å²) in [6.45, 7) is 8.12. The second kappa shape index (κ2) is 9.82. The molecule has 5 nitrogen and oxygen atoms in total. The Balaban J connectivity index is 1.83. The van der Waals surface area contributed by atoms with Crippen molar-refractivity contribution < 1.29 is 4.79 Å². The molecular formula is C26H35N3O2S. The molecule has 1 fully saturated rings. The van der Waals surface area contributed by atoms with Gasteiger partial charge in [-0.05, 0) is 45.1 Å². The summed E-state index contributed by atoms with van der Waals surface area (Å²) in [7, 11) is 0. The van der Waals surface area contributed by atoms with Crippen LogP contribution in [0.25, 0.3) is 11.3 Å². The van der Waals surface area contributed by atoms with Crippen LogP contribution >= 0.6 is 11.8 Å². The Morgan fingerprint density at radius 1 is 1.12 bits per heavy atom. The van der Waals surface area contributed by atoms with Gasteiger partial charge in [0, 0.05) is 30.6 Å². The second-order valence-electron chi connectivity index (χ2n) is 9.10. The molecule has 0 radical (unpaired) electrons. The first kappa shape index (κ1) is 23.1. The van der Waals surface area contributed by atoms with Gasteiger partial charge < -0.3 is 4.90 Å². The van der Waals surface area contributed by atoms with E-state index in [0.29, 0.717) is 30.5 Å². The Labute approximate surface area is 195 Å². The number of carbonyl (C=O) groups is 1. The monoisotopic (exact) mass is 453 g/mol. The van der Waals surface area contributed by atoms with E-state index in [1.165, 1.54) is 36.6 Å². The molecule has 2 aromatic rings. The summed E-state index contributed by atoms with van der Waals surface area (Å²) in [5.41, 5.74) is 4.22. The van der Waals surface area contributed by atoms with Gasteiger partial charge in [-0.2, -0.15) is 0 Å². The van der Waals surface area contributed by atoms with Crippen molar-refractivity contribution in [2.45, 2.75) is 82.8 Å². The van der Waals surface area contributed by atoms with Crippen LogP contribution in [0.2, 0.25) is 0 Å². The average Bonchev–Trinajstić information content (AvgIpc) is 2.81. The van der Waals surface area contributed by atoms with Gasteiger partial charge in [-0.1, -0.05) is 62.2 Å². The molecule has 0 saturated heterocycles. The van der Waals surface area contributed by atoms with Crippen LogP contribution in [0.15, 0.2) is 34.2 Å². The number of rotatable bonds is 7. The van der Waals surface area contributed by atoms with Gasteiger partial charge in [0.05, 0.1) is 17.0 Å². The highest BCUT2D eigenvalue weighted by atomic mass is 32.2. The Morgan fingerprint density at radius 2 is 1.84 bits per heavy atom. The molecular weight excluding hydrogens is 418 g/mol. The summed E-state index contributed by atoms with van der Waals surface area (Å²) in [6.07, 6.45) is 7.51. The van der Waals surface area contributed by atoms with Gasteiger partial charge in [-0.15, -0.1) is 0 Å². The maximum atomic E-state index is 14.0. The van der Waals surface area contributed by atoms with Crippen LogP contribution in [0.5, 0.6) is 0 Å². The lowest BCUT2D eigenvalue weighted by molar-refractivity contribution is -0.127. The lowest BCUT2D eigenvalue weighted by Crippen LogP contribution is -2.43. The molecule has 0 bridgehead atoms. The van der Waals surface area contributed by atoms with E-state index < -0.39 is 0 Å². The van der Waals surface area contributed by atoms with Gasteiger partial charge in [0.1, 0.15) is 0 Å². The fourth-order valence-electron chi connectivity index (χ4n) is 5.55. The Morgan fingerprint density at radius 3 is 2.53 bits per heavy atom. The Hall–Kier alpha value is -2.08. The maximum Gasteiger partial charge on any atom is 0.258 e. The van der Waals surface area contributed by atoms with Gasteiger partial charge >= 0.3 is 0 Å². The molecule has 0 N–H and O–H groups in total. The van der Waals surface area contributed by atoms with Crippen molar-refractivity contribution in [1.82, 2.24) is 14.5 Å². The number of fused-ring (bicyclic) bond motifs is 4. The van der Waals surface area contributed by atoms with Crippen LogP contribution in [-0.2, 0) is 23.2 Å². The van der Waals surface area contributed by atoms with Crippen LogP contribution in [0, 0.1) is 0 Å². The van der Waals surface area contributed by atoms with E-state index in [1.807, 2.05) is 29.4 Å². The number of benzene rings is 1. The number of carbonyl (C=O) groups excluding carboxylic acids is 1. The van der Waals surface area contributed by atoms with Gasteiger partial charge in [-0.25, -0.2) is 4.98 Å². The topological polar surface area (TPSA) is 55.2 Å². The van der Waals surface area contributed by atoms with Crippen LogP contribution in [0.1, 0.15) is 70.4 Å². The van der Waals surface area contributed by atoms with Crippen molar-refractivity contribution >= 4 is 17.7 Å². The normalized spacial score (nSPS) is 16.5. The summed E-state index contributed by atoms with van der Waals surface area (Å²) in [5.74, 6) is 0.405. The van der Waals surface area contributed by atoms with E-state index in [0.717, 1.165) is 42.5 Å². The Kier molecular flexibility index (Phi) is 7.08. The number of thioether (sulfide) groups is 1. The number of hydrogen-bond acceptors (Lipinski definition) is 4. The van der Waals surface area contributed by atoms with E-state index in [-0.39, 0.29) is 16.9 Å². The van der Waals surface area contributed by atoms with Crippen LogP contribution < -0.4 is 5.56 Å². The highest BCUT2D eigenvalue weighted by molar-refractivity contribution is 7.99. The number of hydrogen-bond donors (Lipinski definition) is 0. The summed E-state index contributed by atoms with van der Waals surface area (Å²) in [6, 6.07) is 8.44. The van der Waals surface area contributed by atoms with Gasteiger partial charge in [0.2, 0.25) is 5.91 Å². The largest absolute Gasteiger partial charge is 0.343 e. The first-order valence-corrected chi connectivity index (χ1v) is 13.2. The zero-order valence-electron chi connectivity index (χ0n) is 19.7. The standard InChI is InChI=1S/C26H35N3O2S/c1-4-16-29-24(31)22-23(27-25(29)32-18-21(30)28(5-2)6-3)20-13-9-8-12-19(20)17-26(22)14-10-7-11-15-26/h8-9,12-13H,4-7,10-11,14-18H2,1-3H3. The van der Waals surface area contributed by atoms with Gasteiger partial charge in [0.15, 0.2) is 5.16 Å². The van der Waals surface area contributed by atoms with E-state index in [9.17, 15) is 9.59 Å². The molecule has 1 heterocycles. The van der Waals surface area contributed by atoms with Crippen LogP contribution in [0.3, 0.4) is 0 Å².